The van der Waals surface area contributed by atoms with E-state index in [2.05, 4.69) is 16.0 Å². The summed E-state index contributed by atoms with van der Waals surface area (Å²) in [6.45, 7) is 1.72. The van der Waals surface area contributed by atoms with Crippen LogP contribution in [0.25, 0.3) is 6.08 Å². The van der Waals surface area contributed by atoms with Crippen LogP contribution in [0.15, 0.2) is 70.7 Å². The van der Waals surface area contributed by atoms with E-state index in [0.29, 0.717) is 15.8 Å². The van der Waals surface area contributed by atoms with E-state index in [4.69, 9.17) is 27.6 Å². The molecule has 10 heteroatoms. The summed E-state index contributed by atoms with van der Waals surface area (Å²) in [5.41, 5.74) is 1.03. The van der Waals surface area contributed by atoms with E-state index in [0.717, 1.165) is 5.56 Å². The lowest BCUT2D eigenvalue weighted by Crippen LogP contribution is -2.34. The number of halogens is 2. The predicted octanol–water partition coefficient (Wildman–Crippen LogP) is 4.63. The number of nitrogens with zero attached hydrogens (tertiary/aromatic N) is 1. The number of benzene rings is 2. The van der Waals surface area contributed by atoms with Crippen molar-refractivity contribution in [3.8, 4) is 6.07 Å². The molecule has 0 saturated carbocycles. The molecule has 35 heavy (non-hydrogen) atoms. The van der Waals surface area contributed by atoms with Gasteiger partial charge in [0, 0.05) is 21.8 Å². The topological polar surface area (TPSA) is 124 Å². The molecule has 8 nitrogen and oxygen atoms in total. The molecule has 0 saturated heterocycles. The first kappa shape index (κ1) is 25.6. The average molecular weight is 511 g/mol. The maximum absolute atomic E-state index is 12.5. The lowest BCUT2D eigenvalue weighted by atomic mass is 10.1. The van der Waals surface area contributed by atoms with Gasteiger partial charge in [-0.2, -0.15) is 5.26 Å². The van der Waals surface area contributed by atoms with Crippen LogP contribution in [-0.2, 0) is 20.9 Å². The summed E-state index contributed by atoms with van der Waals surface area (Å²) in [6, 6.07) is 18.4. The van der Waals surface area contributed by atoms with Gasteiger partial charge in [0.2, 0.25) is 0 Å². The number of rotatable bonds is 7. The van der Waals surface area contributed by atoms with Gasteiger partial charge in [-0.05, 0) is 42.8 Å². The monoisotopic (exact) mass is 510 g/mol. The number of hydrogen-bond donors (Lipinski definition) is 3. The third kappa shape index (κ3) is 7.47. The van der Waals surface area contributed by atoms with Gasteiger partial charge >= 0.3 is 11.8 Å². The lowest BCUT2D eigenvalue weighted by molar-refractivity contribution is -0.136. The van der Waals surface area contributed by atoms with E-state index >= 15 is 0 Å². The van der Waals surface area contributed by atoms with Crippen LogP contribution in [0.4, 0.5) is 5.69 Å². The summed E-state index contributed by atoms with van der Waals surface area (Å²) >= 11 is 11.8. The number of carbonyl (C=O) groups is 3. The highest BCUT2D eigenvalue weighted by atomic mass is 35.5. The van der Waals surface area contributed by atoms with Gasteiger partial charge < -0.3 is 20.4 Å². The van der Waals surface area contributed by atoms with Crippen LogP contribution in [0.5, 0.6) is 0 Å². The van der Waals surface area contributed by atoms with Gasteiger partial charge in [0.15, 0.2) is 0 Å². The zero-order valence-electron chi connectivity index (χ0n) is 18.5. The summed E-state index contributed by atoms with van der Waals surface area (Å²) in [5.74, 6) is -1.80. The van der Waals surface area contributed by atoms with Crippen LogP contribution in [0.2, 0.25) is 10.0 Å². The van der Waals surface area contributed by atoms with Crippen molar-refractivity contribution in [3.63, 3.8) is 0 Å². The number of hydrogen-bond acceptors (Lipinski definition) is 5. The molecule has 1 atom stereocenters. The third-order valence-electron chi connectivity index (χ3n) is 4.73. The second kappa shape index (κ2) is 11.9. The highest BCUT2D eigenvalue weighted by Crippen LogP contribution is 2.22. The van der Waals surface area contributed by atoms with Gasteiger partial charge in [0.1, 0.15) is 23.2 Å². The quantitative estimate of drug-likeness (QED) is 0.243. The first-order valence-electron chi connectivity index (χ1n) is 10.4. The third-order valence-corrected chi connectivity index (χ3v) is 5.17. The number of nitriles is 1. The maximum Gasteiger partial charge on any atom is 0.313 e. The summed E-state index contributed by atoms with van der Waals surface area (Å²) in [6.07, 6.45) is 1.30. The molecule has 0 aliphatic heterocycles. The molecule has 0 fully saturated rings. The number of anilines is 1. The van der Waals surface area contributed by atoms with Gasteiger partial charge in [-0.15, -0.1) is 0 Å². The first-order chi connectivity index (χ1) is 16.7. The number of nitrogens with one attached hydrogen (secondary N) is 3. The van der Waals surface area contributed by atoms with Crippen molar-refractivity contribution in [2.45, 2.75) is 19.5 Å². The van der Waals surface area contributed by atoms with E-state index in [9.17, 15) is 19.6 Å². The number of furan rings is 1. The first-order valence-corrected chi connectivity index (χ1v) is 11.1. The molecule has 0 unspecified atom stereocenters. The van der Waals surface area contributed by atoms with Gasteiger partial charge in [0.25, 0.3) is 5.91 Å². The molecule has 0 spiro atoms. The van der Waals surface area contributed by atoms with Crippen molar-refractivity contribution in [1.29, 1.82) is 5.26 Å². The van der Waals surface area contributed by atoms with Gasteiger partial charge in [-0.1, -0.05) is 53.5 Å². The molecule has 0 radical (unpaired) electrons. The summed E-state index contributed by atoms with van der Waals surface area (Å²) in [4.78, 5) is 36.7. The van der Waals surface area contributed by atoms with Crippen molar-refractivity contribution in [3.05, 3.63) is 93.4 Å². The SMILES string of the molecule is C[C@@H](NC(=O)/C(C#N)=C\c1ccc(CNC(=O)C(=O)Nc2cc(Cl)cc(Cl)c2)o1)c1ccccc1. The van der Waals surface area contributed by atoms with E-state index in [1.807, 2.05) is 43.3 Å². The Bertz CT molecular complexity index is 1290. The molecule has 3 rings (SSSR count). The van der Waals surface area contributed by atoms with Gasteiger partial charge in [0.05, 0.1) is 12.6 Å². The Balaban J connectivity index is 1.56. The zero-order valence-corrected chi connectivity index (χ0v) is 20.0. The molecule has 3 N–H and O–H groups in total. The smallest absolute Gasteiger partial charge is 0.313 e. The molecule has 3 aromatic rings. The van der Waals surface area contributed by atoms with Crippen LogP contribution >= 0.6 is 23.2 Å². The van der Waals surface area contributed by atoms with Crippen LogP contribution in [0.1, 0.15) is 30.0 Å². The Morgan fingerprint density at radius 1 is 1.00 bits per heavy atom. The molecule has 1 heterocycles. The second-order valence-electron chi connectivity index (χ2n) is 7.37. The minimum atomic E-state index is -0.911. The number of carbonyl (C=O) groups excluding carboxylic acids is 3. The van der Waals surface area contributed by atoms with E-state index in [1.54, 1.807) is 12.1 Å². The average Bonchev–Trinajstić information content (AvgIpc) is 3.28. The van der Waals surface area contributed by atoms with Crippen molar-refractivity contribution < 1.29 is 18.8 Å². The van der Waals surface area contributed by atoms with Crippen LogP contribution < -0.4 is 16.0 Å². The molecule has 0 aliphatic rings. The normalized spacial score (nSPS) is 11.8. The Kier molecular flexibility index (Phi) is 8.68. The maximum atomic E-state index is 12.5. The minimum absolute atomic E-state index is 0.0878. The molecular weight excluding hydrogens is 491 g/mol. The molecule has 1 aromatic heterocycles. The molecule has 178 valence electrons. The van der Waals surface area contributed by atoms with Crippen molar-refractivity contribution in [1.82, 2.24) is 10.6 Å². The van der Waals surface area contributed by atoms with Crippen molar-refractivity contribution in [2.24, 2.45) is 0 Å². The predicted molar refractivity (Wildman–Crippen MR) is 132 cm³/mol. The standard InChI is InChI=1S/C25H20Cl2N4O4/c1-15(16-5-3-2-4-6-16)30-23(32)17(13-28)9-21-7-8-22(35-21)14-29-24(33)25(34)31-20-11-18(26)10-19(27)12-20/h2-12,15H,14H2,1H3,(H,29,33)(H,30,32)(H,31,34)/b17-9-/t15-/m1/s1. The molecule has 3 amide bonds. The molecular formula is C25H20Cl2N4O4. The molecule has 0 aliphatic carbocycles. The van der Waals surface area contributed by atoms with Crippen LogP contribution in [0, 0.1) is 11.3 Å². The Hall–Kier alpha value is -4.06. The Labute approximate surface area is 211 Å². The number of amides is 3. The molecule has 0 bridgehead atoms. The fraction of sp³-hybridized carbons (Fsp3) is 0.120. The largest absolute Gasteiger partial charge is 0.460 e. The lowest BCUT2D eigenvalue weighted by Gasteiger charge is -2.13. The van der Waals surface area contributed by atoms with E-state index < -0.39 is 17.7 Å². The highest BCUT2D eigenvalue weighted by molar-refractivity contribution is 6.40. The zero-order chi connectivity index (χ0) is 25.4. The van der Waals surface area contributed by atoms with Crippen molar-refractivity contribution in [2.75, 3.05) is 5.32 Å². The summed E-state index contributed by atoms with van der Waals surface area (Å²) < 4.78 is 5.55. The fourth-order valence-electron chi connectivity index (χ4n) is 3.02. The summed E-state index contributed by atoms with van der Waals surface area (Å²) in [5, 5.41) is 17.6. The van der Waals surface area contributed by atoms with Crippen LogP contribution in [0.3, 0.4) is 0 Å². The van der Waals surface area contributed by atoms with Crippen LogP contribution in [-0.4, -0.2) is 17.7 Å². The Morgan fingerprint density at radius 3 is 2.34 bits per heavy atom. The van der Waals surface area contributed by atoms with Gasteiger partial charge in [-0.3, -0.25) is 14.4 Å². The fourth-order valence-corrected chi connectivity index (χ4v) is 3.54. The van der Waals surface area contributed by atoms with E-state index in [-0.39, 0.29) is 29.6 Å². The molecule has 2 aromatic carbocycles. The van der Waals surface area contributed by atoms with Gasteiger partial charge in [-0.25, -0.2) is 0 Å². The van der Waals surface area contributed by atoms with Crippen molar-refractivity contribution >= 4 is 52.7 Å². The van der Waals surface area contributed by atoms with E-state index in [1.165, 1.54) is 24.3 Å². The minimum Gasteiger partial charge on any atom is -0.460 e. The highest BCUT2D eigenvalue weighted by Gasteiger charge is 2.16. The Morgan fingerprint density at radius 2 is 1.69 bits per heavy atom. The summed E-state index contributed by atoms with van der Waals surface area (Å²) in [7, 11) is 0. The second-order valence-corrected chi connectivity index (χ2v) is 8.25.